The topological polar surface area (TPSA) is 156 Å². The van der Waals surface area contributed by atoms with Crippen LogP contribution in [0.4, 0.5) is 10.1 Å². The minimum absolute atomic E-state index is 0.0296. The Bertz CT molecular complexity index is 2030. The molecule has 3 aliphatic rings. The summed E-state index contributed by atoms with van der Waals surface area (Å²) >= 11 is 6.32. The van der Waals surface area contributed by atoms with E-state index < -0.39 is 73.9 Å². The van der Waals surface area contributed by atoms with Crippen molar-refractivity contribution in [2.45, 2.75) is 75.4 Å². The van der Waals surface area contributed by atoms with Crippen molar-refractivity contribution in [1.82, 2.24) is 19.9 Å². The number of likely N-dealkylation sites (tertiary alicyclic amines) is 1. The van der Waals surface area contributed by atoms with Crippen LogP contribution >= 0.6 is 11.6 Å². The molecule has 1 aliphatic heterocycles. The van der Waals surface area contributed by atoms with Gasteiger partial charge in [-0.05, 0) is 61.1 Å². The molecule has 6 rings (SSSR count). The maximum absolute atomic E-state index is 14.6. The minimum atomic E-state index is -3.92. The first-order chi connectivity index (χ1) is 24.6. The van der Waals surface area contributed by atoms with Crippen molar-refractivity contribution in [2.24, 2.45) is 11.3 Å². The Morgan fingerprint density at radius 3 is 2.63 bits per heavy atom. The van der Waals surface area contributed by atoms with Gasteiger partial charge in [-0.25, -0.2) is 17.8 Å². The molecule has 272 valence electrons. The first-order valence-corrected chi connectivity index (χ1v) is 18.5. The second-order valence-corrected chi connectivity index (χ2v) is 16.5. The van der Waals surface area contributed by atoms with Crippen molar-refractivity contribution in [1.29, 1.82) is 0 Å². The van der Waals surface area contributed by atoms with E-state index in [9.17, 15) is 27.2 Å². The third-order valence-electron chi connectivity index (χ3n) is 9.54. The first kappa shape index (κ1) is 35.0. The van der Waals surface area contributed by atoms with E-state index in [0.29, 0.717) is 40.1 Å². The summed E-state index contributed by atoms with van der Waals surface area (Å²) in [5.74, 6) is -2.54. The molecule has 3 fully saturated rings. The smallest absolute Gasteiger partial charge is 0.259 e. The molecule has 3 amide bonds. The Morgan fingerprint density at radius 1 is 1.22 bits per heavy atom. The molecule has 3 N–H and O–H groups in total. The molecule has 5 atom stereocenters. The van der Waals surface area contributed by atoms with E-state index in [1.54, 1.807) is 38.1 Å². The van der Waals surface area contributed by atoms with E-state index >= 15 is 0 Å². The Morgan fingerprint density at radius 2 is 1.98 bits per heavy atom. The fraction of sp³-hybridized carbons (Fsp3) is 0.444. The van der Waals surface area contributed by atoms with Gasteiger partial charge in [-0.15, -0.1) is 6.58 Å². The van der Waals surface area contributed by atoms with Gasteiger partial charge in [-0.2, -0.15) is 0 Å². The zero-order valence-corrected chi connectivity index (χ0v) is 30.0. The fourth-order valence-corrected chi connectivity index (χ4v) is 8.01. The molecule has 0 bridgehead atoms. The second-order valence-electron chi connectivity index (χ2n) is 14.1. The van der Waals surface area contributed by atoms with E-state index in [4.69, 9.17) is 22.4 Å². The van der Waals surface area contributed by atoms with Crippen LogP contribution in [0, 0.1) is 17.2 Å². The molecule has 2 heterocycles. The molecule has 0 spiro atoms. The molecule has 12 nitrogen and oxygen atoms in total. The van der Waals surface area contributed by atoms with E-state index in [1.165, 1.54) is 42.5 Å². The van der Waals surface area contributed by atoms with E-state index in [2.05, 4.69) is 26.9 Å². The number of ether oxygens (including phenoxy) is 2. The summed E-state index contributed by atoms with van der Waals surface area (Å²) in [5.41, 5.74) is -2.28. The predicted molar refractivity (Wildman–Crippen MR) is 190 cm³/mol. The summed E-state index contributed by atoms with van der Waals surface area (Å²) in [5, 5.41) is 6.83. The average Bonchev–Trinajstić information content (AvgIpc) is 4.04. The normalized spacial score (nSPS) is 23.9. The van der Waals surface area contributed by atoms with Gasteiger partial charge in [0, 0.05) is 35.2 Å². The van der Waals surface area contributed by atoms with Crippen LogP contribution in [0.3, 0.4) is 0 Å². The third-order valence-corrected chi connectivity index (χ3v) is 11.6. The highest BCUT2D eigenvalue weighted by Gasteiger charge is 2.62. The quantitative estimate of drug-likeness (QED) is 0.226. The van der Waals surface area contributed by atoms with Crippen LogP contribution in [0.5, 0.6) is 11.6 Å². The Hall–Kier alpha value is -4.43. The molecule has 0 radical (unpaired) electrons. The van der Waals surface area contributed by atoms with Crippen LogP contribution in [0.1, 0.15) is 47.8 Å². The first-order valence-electron chi connectivity index (χ1n) is 17.2. The van der Waals surface area contributed by atoms with Crippen molar-refractivity contribution in [2.75, 3.05) is 19.0 Å². The third kappa shape index (κ3) is 7.48. The number of fused-ring (bicyclic) bond motifs is 1. The highest BCUT2D eigenvalue weighted by molar-refractivity contribution is 7.91. The highest BCUT2D eigenvalue weighted by Crippen LogP contribution is 2.46. The van der Waals surface area contributed by atoms with Crippen molar-refractivity contribution >= 4 is 55.8 Å². The fourth-order valence-electron chi connectivity index (χ4n) is 6.48. The van der Waals surface area contributed by atoms with Gasteiger partial charge >= 0.3 is 0 Å². The monoisotopic (exact) mass is 742 g/mol. The molecule has 15 heteroatoms. The van der Waals surface area contributed by atoms with Gasteiger partial charge in [0.05, 0.1) is 25.1 Å². The number of rotatable bonds is 12. The van der Waals surface area contributed by atoms with Gasteiger partial charge in [0.25, 0.3) is 5.91 Å². The summed E-state index contributed by atoms with van der Waals surface area (Å²) in [6.45, 7) is 6.89. The molecule has 51 heavy (non-hydrogen) atoms. The number of anilines is 1. The lowest BCUT2D eigenvalue weighted by molar-refractivity contribution is -0.141. The van der Waals surface area contributed by atoms with Crippen LogP contribution in [-0.2, 0) is 24.4 Å². The Labute approximate surface area is 302 Å². The summed E-state index contributed by atoms with van der Waals surface area (Å²) in [6, 6.07) is 8.41. The molecular weight excluding hydrogens is 701 g/mol. The van der Waals surface area contributed by atoms with Gasteiger partial charge < -0.3 is 25.0 Å². The van der Waals surface area contributed by atoms with E-state index in [0.717, 1.165) is 0 Å². The molecular formula is C36H41ClFN5O7S. The number of carbonyl (C=O) groups excluding carboxylic acids is 3. The summed E-state index contributed by atoms with van der Waals surface area (Å²) < 4.78 is 61.8. The number of nitrogens with zero attached hydrogens (tertiary/aromatic N) is 2. The summed E-state index contributed by atoms with van der Waals surface area (Å²) in [7, 11) is -2.41. The lowest BCUT2D eigenvalue weighted by Gasteiger charge is -2.36. The standard InChI is InChI=1S/C36H41ClFN5O7S/c1-6-20-17-36(20,34(46)42-51(47,48)25-11-12-25)41-31(44)28-16-24(50-32-27-14-21(37)10-13-26(27)29(49-5)18-39-32)19-43(28)33(45)30(35(2,3)4)40-23-9-7-8-22(38)15-23/h6-10,13-15,18,20,24-25,28,30,40H,1,11-12,16-17,19H2,2-5H3,(H,41,44)(H,42,46)/t20-,24-,28+,30-,36-/m1/s1/i2D. The Balaban J connectivity index is 1.33. The number of amides is 3. The van der Waals surface area contributed by atoms with Crippen molar-refractivity contribution < 1.29 is 38.0 Å². The van der Waals surface area contributed by atoms with Gasteiger partial charge in [-0.1, -0.05) is 44.5 Å². The van der Waals surface area contributed by atoms with Crippen molar-refractivity contribution in [3.63, 3.8) is 0 Å². The van der Waals surface area contributed by atoms with Crippen LogP contribution in [-0.4, -0.2) is 78.7 Å². The number of hydrogen-bond acceptors (Lipinski definition) is 9. The molecule has 0 unspecified atom stereocenters. The second kappa shape index (κ2) is 13.6. The SMILES string of the molecule is [2H]CC(C)(C)[C@H](Nc1cccc(F)c1)C(=O)N1C[C@H](Oc2ncc(OC)c3ccc(Cl)cc23)C[C@H]1C(=O)N[C@]1(C(=O)NS(=O)(=O)C2CC2)C[C@H]1C=C. The average molecular weight is 743 g/mol. The van der Waals surface area contributed by atoms with E-state index in [-0.39, 0.29) is 32.2 Å². The molecule has 2 aliphatic carbocycles. The number of sulfonamides is 1. The maximum atomic E-state index is 14.6. The maximum Gasteiger partial charge on any atom is 0.259 e. The number of halogens is 2. The number of benzene rings is 2. The zero-order valence-electron chi connectivity index (χ0n) is 29.4. The zero-order chi connectivity index (χ0) is 37.6. The van der Waals surface area contributed by atoms with Crippen LogP contribution in [0.15, 0.2) is 61.3 Å². The number of hydrogen-bond donors (Lipinski definition) is 3. The lowest BCUT2D eigenvalue weighted by Crippen LogP contribution is -2.58. The molecule has 3 aromatic rings. The van der Waals surface area contributed by atoms with Crippen LogP contribution in [0.2, 0.25) is 5.02 Å². The molecule has 2 saturated carbocycles. The minimum Gasteiger partial charge on any atom is -0.494 e. The highest BCUT2D eigenvalue weighted by atomic mass is 35.5. The molecule has 1 aromatic heterocycles. The number of nitrogens with one attached hydrogen (secondary N) is 3. The summed E-state index contributed by atoms with van der Waals surface area (Å²) in [6.07, 6.45) is 3.16. The molecule has 2 aromatic carbocycles. The largest absolute Gasteiger partial charge is 0.494 e. The molecule has 1 saturated heterocycles. The van der Waals surface area contributed by atoms with Gasteiger partial charge in [0.1, 0.15) is 35.3 Å². The van der Waals surface area contributed by atoms with Crippen LogP contribution < -0.4 is 24.8 Å². The van der Waals surface area contributed by atoms with Gasteiger partial charge in [0.2, 0.25) is 27.7 Å². The van der Waals surface area contributed by atoms with Crippen LogP contribution in [0.25, 0.3) is 10.8 Å². The lowest BCUT2D eigenvalue weighted by atomic mass is 9.85. The summed E-state index contributed by atoms with van der Waals surface area (Å²) in [4.78, 5) is 48.2. The van der Waals surface area contributed by atoms with Gasteiger partial charge in [-0.3, -0.25) is 19.1 Å². The number of pyridine rings is 1. The number of methoxy groups -OCH3 is 1. The number of carbonyl (C=O) groups is 3. The Kier molecular flexibility index (Phi) is 9.34. The van der Waals surface area contributed by atoms with Crippen molar-refractivity contribution in [3.05, 3.63) is 72.2 Å². The van der Waals surface area contributed by atoms with E-state index in [1.807, 2.05) is 0 Å². The number of aromatic nitrogens is 1. The van der Waals surface area contributed by atoms with Gasteiger partial charge in [0.15, 0.2) is 0 Å². The predicted octanol–water partition coefficient (Wildman–Crippen LogP) is 4.58. The van der Waals surface area contributed by atoms with Crippen molar-refractivity contribution in [3.8, 4) is 11.6 Å².